The number of aliphatic carboxylic acids is 3. The van der Waals surface area contributed by atoms with Crippen LogP contribution in [0.3, 0.4) is 0 Å². The van der Waals surface area contributed by atoms with Crippen LogP contribution >= 0.6 is 0 Å². The van der Waals surface area contributed by atoms with Gasteiger partial charge in [-0.3, -0.25) is 0 Å². The van der Waals surface area contributed by atoms with Crippen LogP contribution in [-0.4, -0.2) is 27.9 Å². The molecule has 1 aromatic rings. The Kier molecular flexibility index (Phi) is 29.2. The number of hydrogen-bond acceptors (Lipinski definition) is 7. The molecule has 0 fully saturated rings. The topological polar surface area (TPSA) is 149 Å². The molecule has 0 amide bonds. The minimum absolute atomic E-state index is 0. The molecule has 8 nitrogen and oxygen atoms in total. The van der Waals surface area contributed by atoms with Gasteiger partial charge in [-0.15, -0.1) is 0 Å². The number of aromatic amines is 1. The van der Waals surface area contributed by atoms with Crippen molar-refractivity contribution in [3.63, 3.8) is 0 Å². The van der Waals surface area contributed by atoms with E-state index in [0.717, 1.165) is 18.2 Å². The molecule has 21 heavy (non-hydrogen) atoms. The number of imidazole rings is 1. The Bertz CT molecular complexity index is 357. The maximum atomic E-state index is 9.14. The number of hydrogen-bond donors (Lipinski definition) is 1. The van der Waals surface area contributed by atoms with Crippen molar-refractivity contribution in [2.45, 2.75) is 0 Å². The number of H-pyrrole nitrogens is 1. The summed E-state index contributed by atoms with van der Waals surface area (Å²) >= 11 is 0. The van der Waals surface area contributed by atoms with Crippen LogP contribution in [0.4, 0.5) is 0 Å². The van der Waals surface area contributed by atoms with Gasteiger partial charge in [-0.25, -0.2) is 4.98 Å². The number of aromatic nitrogens is 2. The van der Waals surface area contributed by atoms with E-state index >= 15 is 0 Å². The SMILES string of the molecule is C=CC(=O)[O-].C=CC(=O)[O-].C=CC(=O)[O-].[Au+3].c1c[nH]cn1. The third-order valence-electron chi connectivity index (χ3n) is 0.906. The van der Waals surface area contributed by atoms with Crippen LogP contribution in [0.15, 0.2) is 56.7 Å². The van der Waals surface area contributed by atoms with E-state index < -0.39 is 17.9 Å². The van der Waals surface area contributed by atoms with Gasteiger partial charge in [0.2, 0.25) is 0 Å². The fraction of sp³-hybridized carbons (Fsp3) is 0. The van der Waals surface area contributed by atoms with Crippen molar-refractivity contribution in [3.05, 3.63) is 56.7 Å². The van der Waals surface area contributed by atoms with Gasteiger partial charge in [0.25, 0.3) is 0 Å². The van der Waals surface area contributed by atoms with E-state index in [2.05, 4.69) is 29.7 Å². The fourth-order valence-corrected chi connectivity index (χ4v) is 0.215. The van der Waals surface area contributed by atoms with Gasteiger partial charge >= 0.3 is 22.4 Å². The summed E-state index contributed by atoms with van der Waals surface area (Å²) in [7, 11) is 0. The van der Waals surface area contributed by atoms with Crippen LogP contribution in [0.1, 0.15) is 0 Å². The van der Waals surface area contributed by atoms with Gasteiger partial charge in [-0.05, 0) is 18.2 Å². The van der Waals surface area contributed by atoms with Crippen LogP contribution in [0.5, 0.6) is 0 Å². The number of nitrogens with one attached hydrogen (secondary N) is 1. The average Bonchev–Trinajstić information content (AvgIpc) is 2.99. The molecule has 118 valence electrons. The van der Waals surface area contributed by atoms with Crippen LogP contribution in [0.25, 0.3) is 0 Å². The van der Waals surface area contributed by atoms with Crippen molar-refractivity contribution in [1.29, 1.82) is 0 Å². The zero-order chi connectivity index (χ0) is 16.4. The first-order valence-electron chi connectivity index (χ1n) is 4.74. The molecule has 9 heteroatoms. The molecule has 1 rings (SSSR count). The molecule has 0 saturated carbocycles. The average molecular weight is 478 g/mol. The Morgan fingerprint density at radius 3 is 1.24 bits per heavy atom. The monoisotopic (exact) mass is 478 g/mol. The summed E-state index contributed by atoms with van der Waals surface area (Å²) in [5, 5.41) is 27.4. The summed E-state index contributed by atoms with van der Waals surface area (Å²) in [5.74, 6) is -3.69. The van der Waals surface area contributed by atoms with Gasteiger partial charge in [0.15, 0.2) is 0 Å². The molecule has 0 aliphatic heterocycles. The van der Waals surface area contributed by atoms with Crippen LogP contribution in [-0.2, 0) is 36.8 Å². The maximum Gasteiger partial charge on any atom is 3.00 e. The Hall–Kier alpha value is -2.42. The largest absolute Gasteiger partial charge is 3.00 e. The van der Waals surface area contributed by atoms with Gasteiger partial charge in [-0.1, -0.05) is 19.7 Å². The van der Waals surface area contributed by atoms with E-state index in [-0.39, 0.29) is 22.4 Å². The molecule has 0 atom stereocenters. The first kappa shape index (κ1) is 27.0. The molecule has 1 N–H and O–H groups in total. The van der Waals surface area contributed by atoms with Gasteiger partial charge in [0.1, 0.15) is 0 Å². The third kappa shape index (κ3) is 58.0. The van der Waals surface area contributed by atoms with Crippen LogP contribution in [0.2, 0.25) is 0 Å². The number of carboxylic acids is 3. The fourth-order valence-electron chi connectivity index (χ4n) is 0.215. The van der Waals surface area contributed by atoms with Crippen molar-refractivity contribution in [2.24, 2.45) is 0 Å². The van der Waals surface area contributed by atoms with Gasteiger partial charge in [0.05, 0.1) is 24.2 Å². The van der Waals surface area contributed by atoms with Crippen molar-refractivity contribution in [1.82, 2.24) is 9.97 Å². The third-order valence-corrected chi connectivity index (χ3v) is 0.906. The summed E-state index contributed by atoms with van der Waals surface area (Å²) in [6.07, 6.45) is 7.25. The molecular weight excluding hydrogens is 465 g/mol. The summed E-state index contributed by atoms with van der Waals surface area (Å²) in [4.78, 5) is 33.8. The second-order valence-electron chi connectivity index (χ2n) is 2.33. The van der Waals surface area contributed by atoms with Gasteiger partial charge in [0, 0.05) is 12.4 Å². The molecular formula is C12H13AuN2O6. The Balaban J connectivity index is -0.0000000903. The predicted molar refractivity (Wildman–Crippen MR) is 64.2 cm³/mol. The van der Waals surface area contributed by atoms with Crippen LogP contribution in [0, 0.1) is 0 Å². The molecule has 0 saturated heterocycles. The molecule has 0 aromatic carbocycles. The van der Waals surface area contributed by atoms with E-state index in [1.54, 1.807) is 18.7 Å². The summed E-state index contributed by atoms with van der Waals surface area (Å²) < 4.78 is 0. The quantitative estimate of drug-likeness (QED) is 0.364. The summed E-state index contributed by atoms with van der Waals surface area (Å²) in [5.41, 5.74) is 0. The Labute approximate surface area is 137 Å². The van der Waals surface area contributed by atoms with E-state index in [0.29, 0.717) is 0 Å². The van der Waals surface area contributed by atoms with E-state index in [9.17, 15) is 0 Å². The maximum absolute atomic E-state index is 9.14. The predicted octanol–water partition coefficient (Wildman–Crippen LogP) is -2.83. The Morgan fingerprint density at radius 1 is 0.905 bits per heavy atom. The van der Waals surface area contributed by atoms with Gasteiger partial charge < -0.3 is 34.7 Å². The second kappa shape index (κ2) is 22.7. The number of rotatable bonds is 3. The molecule has 0 bridgehead atoms. The summed E-state index contributed by atoms with van der Waals surface area (Å²) in [6.45, 7) is 8.69. The Morgan fingerprint density at radius 2 is 1.19 bits per heavy atom. The zero-order valence-electron chi connectivity index (χ0n) is 10.8. The van der Waals surface area contributed by atoms with Crippen molar-refractivity contribution in [2.75, 3.05) is 0 Å². The first-order chi connectivity index (χ1) is 9.31. The second-order valence-corrected chi connectivity index (χ2v) is 2.33. The van der Waals surface area contributed by atoms with E-state index in [1.807, 2.05) is 0 Å². The smallest absolute Gasteiger partial charge is 0.545 e. The molecule has 0 spiro atoms. The normalized spacial score (nSPS) is 6.48. The minimum Gasteiger partial charge on any atom is -0.545 e. The van der Waals surface area contributed by atoms with Crippen molar-refractivity contribution in [3.8, 4) is 0 Å². The molecule has 0 unspecified atom stereocenters. The van der Waals surface area contributed by atoms with Crippen molar-refractivity contribution < 1.29 is 52.1 Å². The molecule has 0 aliphatic rings. The zero-order valence-corrected chi connectivity index (χ0v) is 13.0. The molecule has 1 heterocycles. The molecule has 1 aromatic heterocycles. The minimum atomic E-state index is -1.23. The van der Waals surface area contributed by atoms with E-state index in [4.69, 9.17) is 29.7 Å². The van der Waals surface area contributed by atoms with Crippen molar-refractivity contribution >= 4 is 17.9 Å². The summed E-state index contributed by atoms with van der Waals surface area (Å²) in [6, 6.07) is 0. The molecule has 0 aliphatic carbocycles. The number of nitrogens with zero attached hydrogens (tertiary/aromatic N) is 1. The van der Waals surface area contributed by atoms with Gasteiger partial charge in [-0.2, -0.15) is 0 Å². The first-order valence-corrected chi connectivity index (χ1v) is 4.74. The van der Waals surface area contributed by atoms with E-state index in [1.165, 1.54) is 0 Å². The number of carbonyl (C=O) groups excluding carboxylic acids is 3. The number of carbonyl (C=O) groups is 3. The number of carboxylic acid groups (broad SMARTS) is 3. The standard InChI is InChI=1S/C3H4N2.3C3H4O2.Au/c1-2-5-3-4-1;3*1-2-3(4)5;/h1-3H,(H,4,5);3*2H,1H2,(H,4,5);/q;;;;+3/p-3. The molecule has 0 radical (unpaired) electrons. The van der Waals surface area contributed by atoms with Crippen LogP contribution < -0.4 is 15.3 Å².